The van der Waals surface area contributed by atoms with E-state index in [1.165, 1.54) is 0 Å². The molecule has 5 atom stereocenters. The highest BCUT2D eigenvalue weighted by molar-refractivity contribution is 5.76. The average molecular weight is 224 g/mol. The van der Waals surface area contributed by atoms with Crippen molar-refractivity contribution in [2.24, 2.45) is 17.8 Å². The van der Waals surface area contributed by atoms with Gasteiger partial charge in [0.05, 0.1) is 5.92 Å². The van der Waals surface area contributed by atoms with E-state index in [2.05, 4.69) is 6.58 Å². The molecule has 4 nitrogen and oxygen atoms in total. The van der Waals surface area contributed by atoms with Crippen molar-refractivity contribution in [1.82, 2.24) is 0 Å². The van der Waals surface area contributed by atoms with Gasteiger partial charge in [-0.1, -0.05) is 12.2 Å². The molecule has 2 saturated carbocycles. The minimum absolute atomic E-state index is 0.0384. The lowest BCUT2D eigenvalue weighted by atomic mass is 9.88. The van der Waals surface area contributed by atoms with Crippen molar-refractivity contribution in [2.75, 3.05) is 6.61 Å². The first-order valence-corrected chi connectivity index (χ1v) is 5.80. The van der Waals surface area contributed by atoms with Crippen LogP contribution < -0.4 is 0 Å². The number of hydrogen-bond acceptors (Lipinski definition) is 4. The Morgan fingerprint density at radius 1 is 1.56 bits per heavy atom. The van der Waals surface area contributed by atoms with Crippen molar-refractivity contribution >= 4 is 5.97 Å². The van der Waals surface area contributed by atoms with Gasteiger partial charge in [0.25, 0.3) is 0 Å². The van der Waals surface area contributed by atoms with Gasteiger partial charge in [-0.25, -0.2) is 9.78 Å². The topological polar surface area (TPSA) is 44.8 Å². The van der Waals surface area contributed by atoms with Crippen molar-refractivity contribution in [2.45, 2.75) is 32.0 Å². The summed E-state index contributed by atoms with van der Waals surface area (Å²) in [4.78, 5) is 22.0. The van der Waals surface area contributed by atoms with Crippen LogP contribution in [-0.4, -0.2) is 24.8 Å². The second kappa shape index (κ2) is 3.57. The van der Waals surface area contributed by atoms with E-state index in [4.69, 9.17) is 14.5 Å². The Kier molecular flexibility index (Phi) is 2.30. The quantitative estimate of drug-likeness (QED) is 0.314. The van der Waals surface area contributed by atoms with Crippen LogP contribution in [0.3, 0.4) is 0 Å². The second-order valence-electron chi connectivity index (χ2n) is 5.18. The van der Waals surface area contributed by atoms with Crippen LogP contribution in [0.25, 0.3) is 0 Å². The largest absolute Gasteiger partial charge is 0.459 e. The molecular weight excluding hydrogens is 208 g/mol. The first kappa shape index (κ1) is 10.3. The molecule has 4 heteroatoms. The molecule has 2 bridgehead atoms. The number of fused-ring (bicyclic) bond motifs is 1. The van der Waals surface area contributed by atoms with Crippen molar-refractivity contribution in [3.05, 3.63) is 12.2 Å². The number of hydrogen-bond donors (Lipinski definition) is 0. The SMILES string of the molecule is C=C(C)COOC1C2CC3C(=O)OC1C3C2. The zero-order valence-electron chi connectivity index (χ0n) is 9.35. The molecule has 3 rings (SSSR count). The zero-order chi connectivity index (χ0) is 11.3. The maximum atomic E-state index is 11.5. The third kappa shape index (κ3) is 1.40. The molecule has 0 amide bonds. The molecule has 1 saturated heterocycles. The van der Waals surface area contributed by atoms with Crippen LogP contribution in [0.1, 0.15) is 19.8 Å². The fraction of sp³-hybridized carbons (Fsp3) is 0.750. The molecule has 0 spiro atoms. The lowest BCUT2D eigenvalue weighted by Crippen LogP contribution is -2.34. The highest BCUT2D eigenvalue weighted by Gasteiger charge is 2.62. The molecule has 1 aliphatic heterocycles. The average Bonchev–Trinajstić information content (AvgIpc) is 2.80. The van der Waals surface area contributed by atoms with E-state index in [1.54, 1.807) is 0 Å². The van der Waals surface area contributed by atoms with Gasteiger partial charge in [0.1, 0.15) is 18.8 Å². The van der Waals surface area contributed by atoms with E-state index in [9.17, 15) is 4.79 Å². The molecular formula is C12H16O4. The molecule has 16 heavy (non-hydrogen) atoms. The summed E-state index contributed by atoms with van der Waals surface area (Å²) in [7, 11) is 0. The van der Waals surface area contributed by atoms with Gasteiger partial charge in [0.2, 0.25) is 0 Å². The van der Waals surface area contributed by atoms with Gasteiger partial charge in [0, 0.05) is 5.92 Å². The van der Waals surface area contributed by atoms with Crippen LogP contribution in [0.4, 0.5) is 0 Å². The molecule has 3 fully saturated rings. The van der Waals surface area contributed by atoms with Gasteiger partial charge in [0.15, 0.2) is 0 Å². The first-order valence-electron chi connectivity index (χ1n) is 5.80. The fourth-order valence-electron chi connectivity index (χ4n) is 3.25. The molecule has 5 unspecified atom stereocenters. The summed E-state index contributed by atoms with van der Waals surface area (Å²) >= 11 is 0. The van der Waals surface area contributed by atoms with Crippen LogP contribution in [0.5, 0.6) is 0 Å². The number of esters is 1. The van der Waals surface area contributed by atoms with E-state index in [1.807, 2.05) is 6.92 Å². The first-order chi connectivity index (χ1) is 7.66. The predicted octanol–water partition coefficient (Wildman–Crippen LogP) is 1.46. The zero-order valence-corrected chi connectivity index (χ0v) is 9.35. The molecule has 0 radical (unpaired) electrons. The molecule has 0 aromatic heterocycles. The van der Waals surface area contributed by atoms with E-state index in [-0.39, 0.29) is 24.1 Å². The molecule has 3 aliphatic rings. The Morgan fingerprint density at radius 3 is 3.12 bits per heavy atom. The minimum Gasteiger partial charge on any atom is -0.459 e. The Bertz CT molecular complexity index is 338. The van der Waals surface area contributed by atoms with Crippen LogP contribution >= 0.6 is 0 Å². The van der Waals surface area contributed by atoms with E-state index >= 15 is 0 Å². The molecule has 0 aromatic rings. The van der Waals surface area contributed by atoms with Gasteiger partial charge in [-0.3, -0.25) is 4.79 Å². The standard InChI is InChI=1S/C12H16O4/c1-6(2)5-14-16-10-7-3-8-9(4-7)12(13)15-11(8)10/h7-11H,1,3-5H2,2H3. The minimum atomic E-state index is -0.0682. The summed E-state index contributed by atoms with van der Waals surface area (Å²) in [5, 5.41) is 0. The Hall–Kier alpha value is -0.870. The Balaban J connectivity index is 1.62. The second-order valence-corrected chi connectivity index (χ2v) is 5.18. The van der Waals surface area contributed by atoms with Gasteiger partial charge in [-0.15, -0.1) is 0 Å². The van der Waals surface area contributed by atoms with Crippen LogP contribution in [0.15, 0.2) is 12.2 Å². The summed E-state index contributed by atoms with van der Waals surface area (Å²) in [6, 6.07) is 0. The monoisotopic (exact) mass is 224 g/mol. The van der Waals surface area contributed by atoms with Gasteiger partial charge >= 0.3 is 5.97 Å². The van der Waals surface area contributed by atoms with Crippen LogP contribution in [0.2, 0.25) is 0 Å². The molecule has 1 heterocycles. The Labute approximate surface area is 94.5 Å². The molecule has 0 N–H and O–H groups in total. The summed E-state index contributed by atoms with van der Waals surface area (Å²) < 4.78 is 5.34. The van der Waals surface area contributed by atoms with Gasteiger partial charge in [-0.05, 0) is 25.7 Å². The van der Waals surface area contributed by atoms with Crippen LogP contribution in [-0.2, 0) is 19.3 Å². The van der Waals surface area contributed by atoms with Crippen molar-refractivity contribution in [1.29, 1.82) is 0 Å². The third-order valence-corrected chi connectivity index (χ3v) is 3.90. The maximum Gasteiger partial charge on any atom is 0.309 e. The smallest absolute Gasteiger partial charge is 0.309 e. The normalized spacial score (nSPS) is 43.8. The molecule has 2 aliphatic carbocycles. The van der Waals surface area contributed by atoms with Crippen LogP contribution in [0, 0.1) is 17.8 Å². The van der Waals surface area contributed by atoms with Crippen molar-refractivity contribution in [3.63, 3.8) is 0 Å². The highest BCUT2D eigenvalue weighted by Crippen LogP contribution is 2.55. The van der Waals surface area contributed by atoms with Crippen molar-refractivity contribution < 1.29 is 19.3 Å². The summed E-state index contributed by atoms with van der Waals surface area (Å²) in [5.41, 5.74) is 0.921. The molecule has 0 aromatic carbocycles. The van der Waals surface area contributed by atoms with Gasteiger partial charge in [-0.2, -0.15) is 0 Å². The predicted molar refractivity (Wildman–Crippen MR) is 55.2 cm³/mol. The highest BCUT2D eigenvalue weighted by atomic mass is 17.2. The number of carbonyl (C=O) groups is 1. The maximum absolute atomic E-state index is 11.5. The number of ether oxygens (including phenoxy) is 1. The molecule has 88 valence electrons. The fourth-order valence-corrected chi connectivity index (χ4v) is 3.25. The van der Waals surface area contributed by atoms with Gasteiger partial charge < -0.3 is 4.74 Å². The Morgan fingerprint density at radius 2 is 2.38 bits per heavy atom. The number of carbonyl (C=O) groups excluding carboxylic acids is 1. The van der Waals surface area contributed by atoms with E-state index in [0.717, 1.165) is 18.4 Å². The van der Waals surface area contributed by atoms with E-state index < -0.39 is 0 Å². The summed E-state index contributed by atoms with van der Waals surface area (Å²) in [5.74, 6) is 0.895. The summed E-state index contributed by atoms with van der Waals surface area (Å²) in [6.07, 6.45) is 1.82. The summed E-state index contributed by atoms with van der Waals surface area (Å²) in [6.45, 7) is 6.02. The third-order valence-electron chi connectivity index (χ3n) is 3.90. The van der Waals surface area contributed by atoms with Crippen molar-refractivity contribution in [3.8, 4) is 0 Å². The number of rotatable bonds is 4. The lowest BCUT2D eigenvalue weighted by Gasteiger charge is -2.24. The van der Waals surface area contributed by atoms with E-state index in [0.29, 0.717) is 18.4 Å². The lowest BCUT2D eigenvalue weighted by molar-refractivity contribution is -0.337.